The predicted octanol–water partition coefficient (Wildman–Crippen LogP) is 1.97. The van der Waals surface area contributed by atoms with Gasteiger partial charge in [-0.05, 0) is 37.7 Å². The summed E-state index contributed by atoms with van der Waals surface area (Å²) < 4.78 is 11.0. The van der Waals surface area contributed by atoms with Gasteiger partial charge in [0.2, 0.25) is 5.91 Å². The Morgan fingerprint density at radius 3 is 2.60 bits per heavy atom. The number of rotatable bonds is 5. The standard InChI is InChI=1S/C19H26N2O4/c1-2-20-8-3-9-21(11-10-20)19(23)7-5-16(22)15-4-6-17-18(14-15)25-13-12-24-17/h4,6,14H,2-3,5,7-13H2,1H3. The second kappa shape index (κ2) is 8.34. The highest BCUT2D eigenvalue weighted by Crippen LogP contribution is 2.31. The number of nitrogens with zero attached hydrogens (tertiary/aromatic N) is 2. The minimum absolute atomic E-state index is 0.0321. The fourth-order valence-electron chi connectivity index (χ4n) is 3.28. The van der Waals surface area contributed by atoms with Crippen molar-refractivity contribution in [3.8, 4) is 11.5 Å². The highest BCUT2D eigenvalue weighted by atomic mass is 16.6. The van der Waals surface area contributed by atoms with Gasteiger partial charge < -0.3 is 19.3 Å². The van der Waals surface area contributed by atoms with Crippen molar-refractivity contribution < 1.29 is 19.1 Å². The van der Waals surface area contributed by atoms with E-state index in [0.29, 0.717) is 30.3 Å². The molecule has 0 spiro atoms. The van der Waals surface area contributed by atoms with Crippen LogP contribution in [0.5, 0.6) is 11.5 Å². The zero-order valence-electron chi connectivity index (χ0n) is 14.8. The number of likely N-dealkylation sites (N-methyl/N-ethyl adjacent to an activating group) is 1. The van der Waals surface area contributed by atoms with Gasteiger partial charge >= 0.3 is 0 Å². The Hall–Kier alpha value is -2.08. The van der Waals surface area contributed by atoms with Crippen LogP contribution in [0.25, 0.3) is 0 Å². The lowest BCUT2D eigenvalue weighted by molar-refractivity contribution is -0.131. The Balaban J connectivity index is 1.52. The number of hydrogen-bond donors (Lipinski definition) is 0. The van der Waals surface area contributed by atoms with Crippen molar-refractivity contribution in [3.05, 3.63) is 23.8 Å². The van der Waals surface area contributed by atoms with E-state index in [-0.39, 0.29) is 24.5 Å². The van der Waals surface area contributed by atoms with Crippen molar-refractivity contribution in [2.24, 2.45) is 0 Å². The summed E-state index contributed by atoms with van der Waals surface area (Å²) in [6.07, 6.45) is 1.49. The molecule has 1 aromatic rings. The molecule has 1 aromatic carbocycles. The molecule has 3 rings (SSSR count). The van der Waals surface area contributed by atoms with Gasteiger partial charge in [-0.3, -0.25) is 9.59 Å². The molecule has 0 bridgehead atoms. The van der Waals surface area contributed by atoms with Crippen molar-refractivity contribution in [2.75, 3.05) is 45.9 Å². The quantitative estimate of drug-likeness (QED) is 0.763. The molecule has 0 radical (unpaired) electrons. The zero-order valence-corrected chi connectivity index (χ0v) is 14.8. The van der Waals surface area contributed by atoms with Gasteiger partial charge in [-0.1, -0.05) is 6.92 Å². The molecule has 0 N–H and O–H groups in total. The summed E-state index contributed by atoms with van der Waals surface area (Å²) in [6, 6.07) is 5.22. The van der Waals surface area contributed by atoms with Gasteiger partial charge in [0.15, 0.2) is 17.3 Å². The first-order valence-electron chi connectivity index (χ1n) is 9.10. The summed E-state index contributed by atoms with van der Waals surface area (Å²) in [5.41, 5.74) is 0.574. The van der Waals surface area contributed by atoms with Gasteiger partial charge in [0.25, 0.3) is 0 Å². The SMILES string of the molecule is CCN1CCCN(C(=O)CCC(=O)c2ccc3c(c2)OCCO3)CC1. The van der Waals surface area contributed by atoms with E-state index >= 15 is 0 Å². The fraction of sp³-hybridized carbons (Fsp3) is 0.579. The smallest absolute Gasteiger partial charge is 0.223 e. The van der Waals surface area contributed by atoms with Crippen LogP contribution in [0.3, 0.4) is 0 Å². The van der Waals surface area contributed by atoms with Crippen LogP contribution in [0.2, 0.25) is 0 Å². The molecule has 0 saturated carbocycles. The van der Waals surface area contributed by atoms with E-state index in [1.165, 1.54) is 0 Å². The summed E-state index contributed by atoms with van der Waals surface area (Å²) in [5, 5.41) is 0. The Morgan fingerprint density at radius 1 is 1.00 bits per heavy atom. The number of ether oxygens (including phenoxy) is 2. The van der Waals surface area contributed by atoms with Crippen LogP contribution in [0.1, 0.15) is 36.5 Å². The average molecular weight is 346 g/mol. The third-order valence-corrected chi connectivity index (χ3v) is 4.82. The van der Waals surface area contributed by atoms with Gasteiger partial charge in [-0.15, -0.1) is 0 Å². The Labute approximate surface area is 148 Å². The van der Waals surface area contributed by atoms with Gasteiger partial charge in [0.1, 0.15) is 13.2 Å². The number of fused-ring (bicyclic) bond motifs is 1. The minimum atomic E-state index is -0.0321. The van der Waals surface area contributed by atoms with Gasteiger partial charge in [0.05, 0.1) is 0 Å². The van der Waals surface area contributed by atoms with Crippen LogP contribution in [-0.2, 0) is 4.79 Å². The predicted molar refractivity (Wildman–Crippen MR) is 94.3 cm³/mol. The third kappa shape index (κ3) is 4.51. The molecule has 0 aromatic heterocycles. The molecule has 6 nitrogen and oxygen atoms in total. The Morgan fingerprint density at radius 2 is 1.80 bits per heavy atom. The number of carbonyl (C=O) groups excluding carboxylic acids is 2. The topological polar surface area (TPSA) is 59.1 Å². The van der Waals surface area contributed by atoms with Gasteiger partial charge in [0, 0.05) is 38.0 Å². The van der Waals surface area contributed by atoms with Crippen LogP contribution in [0.4, 0.5) is 0 Å². The average Bonchev–Trinajstić information content (AvgIpc) is 2.91. The second-order valence-corrected chi connectivity index (χ2v) is 6.45. The maximum Gasteiger partial charge on any atom is 0.223 e. The Bertz CT molecular complexity index is 632. The maximum atomic E-state index is 12.4. The lowest BCUT2D eigenvalue weighted by Gasteiger charge is -2.21. The second-order valence-electron chi connectivity index (χ2n) is 6.45. The molecular weight excluding hydrogens is 320 g/mol. The van der Waals surface area contributed by atoms with Crippen molar-refractivity contribution >= 4 is 11.7 Å². The summed E-state index contributed by atoms with van der Waals surface area (Å²) in [6.45, 7) is 7.67. The first-order chi connectivity index (χ1) is 12.2. The molecule has 1 amide bonds. The number of ketones is 1. The van der Waals surface area contributed by atoms with Crippen LogP contribution in [0, 0.1) is 0 Å². The van der Waals surface area contributed by atoms with E-state index in [1.807, 2.05) is 4.90 Å². The van der Waals surface area contributed by atoms with Gasteiger partial charge in [-0.2, -0.15) is 0 Å². The first-order valence-corrected chi connectivity index (χ1v) is 9.10. The van der Waals surface area contributed by atoms with Gasteiger partial charge in [-0.25, -0.2) is 0 Å². The van der Waals surface area contributed by atoms with Crippen LogP contribution in [-0.4, -0.2) is 67.4 Å². The number of hydrogen-bond acceptors (Lipinski definition) is 5. The van der Waals surface area contributed by atoms with Crippen molar-refractivity contribution in [1.82, 2.24) is 9.80 Å². The molecule has 1 fully saturated rings. The molecule has 6 heteroatoms. The van der Waals surface area contributed by atoms with Crippen molar-refractivity contribution in [2.45, 2.75) is 26.2 Å². The lowest BCUT2D eigenvalue weighted by Crippen LogP contribution is -2.35. The molecule has 0 unspecified atom stereocenters. The zero-order chi connectivity index (χ0) is 17.6. The molecule has 0 aliphatic carbocycles. The number of amides is 1. The summed E-state index contributed by atoms with van der Waals surface area (Å²) in [7, 11) is 0. The number of Topliss-reactive ketones (excluding diaryl/α,β-unsaturated/α-hetero) is 1. The van der Waals surface area contributed by atoms with E-state index in [9.17, 15) is 9.59 Å². The van der Waals surface area contributed by atoms with E-state index in [1.54, 1.807) is 18.2 Å². The molecule has 2 aliphatic heterocycles. The molecule has 0 atom stereocenters. The summed E-state index contributed by atoms with van der Waals surface area (Å²) >= 11 is 0. The molecular formula is C19H26N2O4. The molecule has 2 aliphatic rings. The van der Waals surface area contributed by atoms with Crippen LogP contribution >= 0.6 is 0 Å². The monoisotopic (exact) mass is 346 g/mol. The van der Waals surface area contributed by atoms with E-state index < -0.39 is 0 Å². The maximum absolute atomic E-state index is 12.4. The minimum Gasteiger partial charge on any atom is -0.486 e. The van der Waals surface area contributed by atoms with E-state index in [0.717, 1.165) is 39.1 Å². The largest absolute Gasteiger partial charge is 0.486 e. The normalized spacial score (nSPS) is 17.9. The van der Waals surface area contributed by atoms with E-state index in [4.69, 9.17) is 9.47 Å². The fourth-order valence-corrected chi connectivity index (χ4v) is 3.28. The number of benzene rings is 1. The Kier molecular flexibility index (Phi) is 5.91. The molecule has 25 heavy (non-hydrogen) atoms. The lowest BCUT2D eigenvalue weighted by atomic mass is 10.1. The summed E-state index contributed by atoms with van der Waals surface area (Å²) in [5.74, 6) is 1.32. The third-order valence-electron chi connectivity index (χ3n) is 4.82. The van der Waals surface area contributed by atoms with Crippen molar-refractivity contribution in [3.63, 3.8) is 0 Å². The highest BCUT2D eigenvalue weighted by Gasteiger charge is 2.20. The van der Waals surface area contributed by atoms with Crippen LogP contribution in [0.15, 0.2) is 18.2 Å². The van der Waals surface area contributed by atoms with Crippen molar-refractivity contribution in [1.29, 1.82) is 0 Å². The molecule has 1 saturated heterocycles. The molecule has 136 valence electrons. The summed E-state index contributed by atoms with van der Waals surface area (Å²) in [4.78, 5) is 29.1. The van der Waals surface area contributed by atoms with E-state index in [2.05, 4.69) is 11.8 Å². The number of carbonyl (C=O) groups is 2. The highest BCUT2D eigenvalue weighted by molar-refractivity contribution is 5.98. The van der Waals surface area contributed by atoms with Crippen LogP contribution < -0.4 is 9.47 Å². The first kappa shape index (κ1) is 17.7. The molecule has 2 heterocycles.